The fourth-order valence-electron chi connectivity index (χ4n) is 5.63. The number of ether oxygens (including phenoxy) is 1. The van der Waals surface area contributed by atoms with Gasteiger partial charge in [-0.25, -0.2) is 0 Å². The van der Waals surface area contributed by atoms with Gasteiger partial charge in [0.1, 0.15) is 5.56 Å². The second-order valence-corrected chi connectivity index (χ2v) is 11.4. The van der Waals surface area contributed by atoms with E-state index >= 15 is 0 Å². The van der Waals surface area contributed by atoms with Crippen LogP contribution in [0.25, 0.3) is 10.8 Å². The van der Waals surface area contributed by atoms with E-state index in [4.69, 9.17) is 4.74 Å². The number of hydrogen-bond donors (Lipinski definition) is 1. The topological polar surface area (TPSA) is 87.9 Å². The standard InChI is InChI=1S/C29H30BrF3N4O4/c30-21-3-1-20-16-24(7-2-19(20)15-21)35-11-13-36(14-12-35)28(18-38)41-25-8-4-22(5-9-25)34-23-6-10-27(37(39)40)26(17-23)29(31,32)33/h1-3,6-7,10,15-18,22,25,28,34H,4-5,8-9,11-14H2. The third-order valence-corrected chi connectivity index (χ3v) is 8.31. The number of fused-ring (bicyclic) bond motifs is 1. The van der Waals surface area contributed by atoms with Crippen LogP contribution in [-0.4, -0.2) is 60.7 Å². The van der Waals surface area contributed by atoms with Gasteiger partial charge >= 0.3 is 6.18 Å². The van der Waals surface area contributed by atoms with Crippen LogP contribution < -0.4 is 10.2 Å². The molecule has 0 radical (unpaired) electrons. The van der Waals surface area contributed by atoms with Crippen LogP contribution in [0.4, 0.5) is 30.2 Å². The Kier molecular flexibility index (Phi) is 8.81. The predicted molar refractivity (Wildman–Crippen MR) is 154 cm³/mol. The first-order valence-corrected chi connectivity index (χ1v) is 14.3. The second-order valence-electron chi connectivity index (χ2n) is 10.5. The highest BCUT2D eigenvalue weighted by Gasteiger charge is 2.38. The van der Waals surface area contributed by atoms with E-state index in [2.05, 4.69) is 56.5 Å². The Morgan fingerprint density at radius 1 is 0.976 bits per heavy atom. The zero-order chi connectivity index (χ0) is 29.1. The number of nitro benzene ring substituents is 1. The van der Waals surface area contributed by atoms with E-state index in [1.807, 2.05) is 11.0 Å². The molecule has 0 amide bonds. The van der Waals surface area contributed by atoms with Crippen molar-refractivity contribution in [1.82, 2.24) is 4.90 Å². The number of carbonyl (C=O) groups is 1. The molecule has 1 aliphatic heterocycles. The van der Waals surface area contributed by atoms with Gasteiger partial charge in [0.25, 0.3) is 5.69 Å². The highest BCUT2D eigenvalue weighted by atomic mass is 79.9. The molecule has 2 fully saturated rings. The van der Waals surface area contributed by atoms with Gasteiger partial charge in [0.2, 0.25) is 0 Å². The number of nitro groups is 1. The highest BCUT2D eigenvalue weighted by molar-refractivity contribution is 9.10. The number of hydrogen-bond acceptors (Lipinski definition) is 7. The average molecular weight is 635 g/mol. The Bertz CT molecular complexity index is 1410. The molecule has 1 heterocycles. The Morgan fingerprint density at radius 2 is 1.66 bits per heavy atom. The van der Waals surface area contributed by atoms with Gasteiger partial charge in [-0.15, -0.1) is 0 Å². The van der Waals surface area contributed by atoms with Crippen molar-refractivity contribution in [2.45, 2.75) is 50.2 Å². The van der Waals surface area contributed by atoms with Gasteiger partial charge in [0.15, 0.2) is 12.5 Å². The molecular formula is C29H30BrF3N4O4. The Balaban J connectivity index is 1.11. The summed E-state index contributed by atoms with van der Waals surface area (Å²) in [6.45, 7) is 2.89. The molecule has 12 heteroatoms. The van der Waals surface area contributed by atoms with Crippen molar-refractivity contribution in [1.29, 1.82) is 0 Å². The molecule has 1 aliphatic carbocycles. The van der Waals surface area contributed by atoms with Crippen molar-refractivity contribution in [3.05, 3.63) is 74.7 Å². The highest BCUT2D eigenvalue weighted by Crippen LogP contribution is 2.38. The van der Waals surface area contributed by atoms with E-state index in [1.54, 1.807) is 0 Å². The van der Waals surface area contributed by atoms with Gasteiger partial charge in [-0.1, -0.05) is 28.1 Å². The van der Waals surface area contributed by atoms with E-state index in [0.717, 1.165) is 41.7 Å². The molecule has 3 aromatic carbocycles. The summed E-state index contributed by atoms with van der Waals surface area (Å²) < 4.78 is 47.2. The molecule has 2 aliphatic rings. The SMILES string of the molecule is O=CC(OC1CCC(Nc2ccc([N+](=O)[O-])c(C(F)(F)F)c2)CC1)N1CCN(c2ccc3cc(Br)ccc3c2)CC1. The van der Waals surface area contributed by atoms with Crippen LogP contribution in [0.15, 0.2) is 59.1 Å². The summed E-state index contributed by atoms with van der Waals surface area (Å²) in [5.41, 5.74) is -0.904. The summed E-state index contributed by atoms with van der Waals surface area (Å²) in [4.78, 5) is 26.3. The quantitative estimate of drug-likeness (QED) is 0.169. The minimum absolute atomic E-state index is 0.0984. The lowest BCUT2D eigenvalue weighted by atomic mass is 9.92. The molecule has 1 unspecified atom stereocenters. The first-order chi connectivity index (χ1) is 19.6. The largest absolute Gasteiger partial charge is 0.423 e. The van der Waals surface area contributed by atoms with Crippen molar-refractivity contribution in [2.75, 3.05) is 36.4 Å². The third kappa shape index (κ3) is 6.99. The fourth-order valence-corrected chi connectivity index (χ4v) is 6.01. The lowest BCUT2D eigenvalue weighted by molar-refractivity contribution is -0.388. The lowest BCUT2D eigenvalue weighted by Gasteiger charge is -2.40. The minimum atomic E-state index is -4.83. The molecule has 1 saturated heterocycles. The number of anilines is 2. The number of rotatable bonds is 8. The number of alkyl halides is 3. The summed E-state index contributed by atoms with van der Waals surface area (Å²) in [7, 11) is 0. The van der Waals surface area contributed by atoms with Crippen molar-refractivity contribution in [2.24, 2.45) is 0 Å². The Morgan fingerprint density at radius 3 is 2.32 bits per heavy atom. The number of piperazine rings is 1. The van der Waals surface area contributed by atoms with Gasteiger partial charge in [-0.05, 0) is 72.9 Å². The molecule has 0 spiro atoms. The van der Waals surface area contributed by atoms with Gasteiger partial charge < -0.3 is 15.0 Å². The summed E-state index contributed by atoms with van der Waals surface area (Å²) in [5.74, 6) is 0. The normalized spacial score (nSPS) is 21.0. The van der Waals surface area contributed by atoms with Gasteiger partial charge in [0.05, 0.1) is 11.0 Å². The molecule has 5 rings (SSSR count). The lowest BCUT2D eigenvalue weighted by Crippen LogP contribution is -2.52. The van der Waals surface area contributed by atoms with E-state index in [-0.39, 0.29) is 17.8 Å². The zero-order valence-corrected chi connectivity index (χ0v) is 23.7. The summed E-state index contributed by atoms with van der Waals surface area (Å²) in [6.07, 6.45) is -2.20. The summed E-state index contributed by atoms with van der Waals surface area (Å²) in [5, 5.41) is 16.4. The van der Waals surface area contributed by atoms with Crippen LogP contribution in [0.3, 0.4) is 0 Å². The monoisotopic (exact) mass is 634 g/mol. The van der Waals surface area contributed by atoms with Crippen molar-refractivity contribution in [3.63, 3.8) is 0 Å². The maximum atomic E-state index is 13.3. The molecule has 1 atom stereocenters. The van der Waals surface area contributed by atoms with Gasteiger partial charge in [-0.2, -0.15) is 13.2 Å². The molecule has 41 heavy (non-hydrogen) atoms. The van der Waals surface area contributed by atoms with E-state index in [9.17, 15) is 28.1 Å². The maximum absolute atomic E-state index is 13.3. The number of carbonyl (C=O) groups excluding carboxylic acids is 1. The van der Waals surface area contributed by atoms with Crippen LogP contribution in [0.5, 0.6) is 0 Å². The van der Waals surface area contributed by atoms with Crippen LogP contribution in [-0.2, 0) is 15.7 Å². The average Bonchev–Trinajstić information content (AvgIpc) is 2.96. The number of nitrogens with zero attached hydrogens (tertiary/aromatic N) is 3. The van der Waals surface area contributed by atoms with E-state index in [0.29, 0.717) is 38.8 Å². The van der Waals surface area contributed by atoms with Crippen molar-refractivity contribution < 1.29 is 27.6 Å². The number of nitrogens with one attached hydrogen (secondary N) is 1. The second kappa shape index (κ2) is 12.3. The zero-order valence-electron chi connectivity index (χ0n) is 22.1. The van der Waals surface area contributed by atoms with E-state index < -0.39 is 28.6 Å². The third-order valence-electron chi connectivity index (χ3n) is 7.82. The van der Waals surface area contributed by atoms with Crippen molar-refractivity contribution in [3.8, 4) is 0 Å². The Hall–Kier alpha value is -3.22. The molecular weight excluding hydrogens is 605 g/mol. The predicted octanol–water partition coefficient (Wildman–Crippen LogP) is 6.62. The summed E-state index contributed by atoms with van der Waals surface area (Å²) in [6, 6.07) is 15.5. The van der Waals surface area contributed by atoms with Gasteiger partial charge in [0, 0.05) is 54.1 Å². The van der Waals surface area contributed by atoms with Gasteiger partial charge in [-0.3, -0.25) is 19.8 Å². The van der Waals surface area contributed by atoms with Crippen LogP contribution in [0.1, 0.15) is 31.2 Å². The molecule has 8 nitrogen and oxygen atoms in total. The Labute approximate surface area is 243 Å². The maximum Gasteiger partial charge on any atom is 0.423 e. The number of halogens is 4. The number of aldehydes is 1. The minimum Gasteiger partial charge on any atom is -0.382 e. The molecule has 218 valence electrons. The van der Waals surface area contributed by atoms with Crippen molar-refractivity contribution >= 4 is 50.1 Å². The number of benzene rings is 3. The smallest absolute Gasteiger partial charge is 0.382 e. The van der Waals surface area contributed by atoms with E-state index in [1.165, 1.54) is 16.8 Å². The first-order valence-electron chi connectivity index (χ1n) is 13.5. The molecule has 1 N–H and O–H groups in total. The molecule has 3 aromatic rings. The first kappa shape index (κ1) is 29.3. The molecule has 1 saturated carbocycles. The summed E-state index contributed by atoms with van der Waals surface area (Å²) >= 11 is 3.51. The molecule has 0 bridgehead atoms. The van der Waals surface area contributed by atoms with Crippen LogP contribution in [0, 0.1) is 10.1 Å². The van der Waals surface area contributed by atoms with Crippen LogP contribution in [0.2, 0.25) is 0 Å². The van der Waals surface area contributed by atoms with Crippen LogP contribution >= 0.6 is 15.9 Å². The fraction of sp³-hybridized carbons (Fsp3) is 0.414. The molecule has 0 aromatic heterocycles.